The minimum absolute atomic E-state index is 0.359. The average Bonchev–Trinajstić information content (AvgIpc) is 2.35. The number of rotatable bonds is 2. The smallest absolute Gasteiger partial charge is 0.213 e. The quantitative estimate of drug-likeness (QED) is 0.746. The van der Waals surface area contributed by atoms with E-state index in [9.17, 15) is 0 Å². The number of hydrogen-bond donors (Lipinski definition) is 0. The first kappa shape index (κ1) is 12.5. The van der Waals surface area contributed by atoms with Crippen LogP contribution in [0.4, 0.5) is 0 Å². The van der Waals surface area contributed by atoms with Crippen molar-refractivity contribution in [3.05, 3.63) is 45.5 Å². The maximum Gasteiger partial charge on any atom is 0.213 e. The zero-order valence-corrected chi connectivity index (χ0v) is 11.1. The first-order valence-electron chi connectivity index (χ1n) is 4.77. The number of aromatic nitrogens is 1. The molecule has 0 aliphatic rings. The molecular weight excluding hydrogens is 280 g/mol. The summed E-state index contributed by atoms with van der Waals surface area (Å²) in [5.74, 6) is 0.532. The Morgan fingerprint density at radius 3 is 2.24 bits per heavy atom. The van der Waals surface area contributed by atoms with Gasteiger partial charge in [0.2, 0.25) is 5.88 Å². The van der Waals surface area contributed by atoms with Crippen molar-refractivity contribution >= 4 is 34.8 Å². The highest BCUT2D eigenvalue weighted by Crippen LogP contribution is 2.35. The van der Waals surface area contributed by atoms with Gasteiger partial charge in [0, 0.05) is 12.3 Å². The molecule has 0 N–H and O–H groups in total. The molecule has 2 aromatic rings. The second kappa shape index (κ2) is 5.13. The van der Waals surface area contributed by atoms with Crippen LogP contribution < -0.4 is 4.74 Å². The van der Waals surface area contributed by atoms with E-state index in [1.807, 2.05) is 6.07 Å². The number of ether oxygens (including phenoxy) is 1. The molecule has 2 rings (SSSR count). The molecule has 0 atom stereocenters. The van der Waals surface area contributed by atoms with E-state index in [1.165, 1.54) is 0 Å². The van der Waals surface area contributed by atoms with E-state index in [0.717, 1.165) is 11.1 Å². The molecule has 0 saturated heterocycles. The van der Waals surface area contributed by atoms with Crippen molar-refractivity contribution in [2.45, 2.75) is 0 Å². The Labute approximate surface area is 114 Å². The van der Waals surface area contributed by atoms with Gasteiger partial charge in [0.25, 0.3) is 0 Å². The van der Waals surface area contributed by atoms with Crippen LogP contribution in [0.3, 0.4) is 0 Å². The largest absolute Gasteiger partial charge is 0.481 e. The van der Waals surface area contributed by atoms with E-state index in [1.54, 1.807) is 31.5 Å². The van der Waals surface area contributed by atoms with Gasteiger partial charge in [-0.05, 0) is 29.3 Å². The van der Waals surface area contributed by atoms with E-state index in [0.29, 0.717) is 20.9 Å². The summed E-state index contributed by atoms with van der Waals surface area (Å²) in [5.41, 5.74) is 1.78. The van der Waals surface area contributed by atoms with Crippen molar-refractivity contribution < 1.29 is 4.74 Å². The van der Waals surface area contributed by atoms with Crippen LogP contribution in [0.15, 0.2) is 30.5 Å². The van der Waals surface area contributed by atoms with Gasteiger partial charge in [0.05, 0.1) is 22.2 Å². The molecule has 0 aliphatic carbocycles. The fourth-order valence-corrected chi connectivity index (χ4v) is 2.02. The van der Waals surface area contributed by atoms with Gasteiger partial charge in [-0.2, -0.15) is 0 Å². The summed E-state index contributed by atoms with van der Waals surface area (Å²) in [6.07, 6.45) is 1.66. The summed E-state index contributed by atoms with van der Waals surface area (Å²) in [7, 11) is 1.56. The first-order chi connectivity index (χ1) is 8.11. The zero-order chi connectivity index (χ0) is 12.4. The van der Waals surface area contributed by atoms with Gasteiger partial charge in [-0.25, -0.2) is 4.98 Å². The predicted molar refractivity (Wildman–Crippen MR) is 71.3 cm³/mol. The Balaban J connectivity index is 2.52. The molecule has 1 aromatic carbocycles. The van der Waals surface area contributed by atoms with Crippen LogP contribution in [0.5, 0.6) is 5.88 Å². The highest BCUT2D eigenvalue weighted by Gasteiger charge is 2.08. The van der Waals surface area contributed by atoms with E-state index in [-0.39, 0.29) is 0 Å². The van der Waals surface area contributed by atoms with Crippen LogP contribution in [-0.2, 0) is 0 Å². The fourth-order valence-electron chi connectivity index (χ4n) is 1.42. The lowest BCUT2D eigenvalue weighted by molar-refractivity contribution is 0.398. The standard InChI is InChI=1S/C12H8Cl3NO/c1-17-11-6-7(2-3-16-11)8-4-9(13)12(15)10(14)5-8/h2-6H,1H3. The lowest BCUT2D eigenvalue weighted by Gasteiger charge is -2.06. The molecule has 17 heavy (non-hydrogen) atoms. The molecule has 5 heteroatoms. The molecule has 0 aliphatic heterocycles. The molecule has 0 bridgehead atoms. The minimum atomic E-state index is 0.359. The molecule has 0 radical (unpaired) electrons. The molecule has 2 nitrogen and oxygen atoms in total. The third kappa shape index (κ3) is 2.65. The summed E-state index contributed by atoms with van der Waals surface area (Å²) in [5, 5.41) is 1.20. The van der Waals surface area contributed by atoms with Crippen molar-refractivity contribution in [2.24, 2.45) is 0 Å². The molecule has 0 fully saturated rings. The predicted octanol–water partition coefficient (Wildman–Crippen LogP) is 4.72. The molecule has 88 valence electrons. The Morgan fingerprint density at radius 2 is 1.65 bits per heavy atom. The minimum Gasteiger partial charge on any atom is -0.481 e. The van der Waals surface area contributed by atoms with Crippen LogP contribution in [0, 0.1) is 0 Å². The van der Waals surface area contributed by atoms with Gasteiger partial charge >= 0.3 is 0 Å². The number of methoxy groups -OCH3 is 1. The summed E-state index contributed by atoms with van der Waals surface area (Å²) in [4.78, 5) is 4.03. The number of halogens is 3. The molecule has 0 unspecified atom stereocenters. The van der Waals surface area contributed by atoms with Crippen LogP contribution in [0.2, 0.25) is 15.1 Å². The Morgan fingerprint density at radius 1 is 1.00 bits per heavy atom. The maximum atomic E-state index is 5.98. The van der Waals surface area contributed by atoms with E-state index in [2.05, 4.69) is 4.98 Å². The number of nitrogens with zero attached hydrogens (tertiary/aromatic N) is 1. The lowest BCUT2D eigenvalue weighted by atomic mass is 10.1. The molecular formula is C12H8Cl3NO. The van der Waals surface area contributed by atoms with Gasteiger partial charge in [-0.3, -0.25) is 0 Å². The SMILES string of the molecule is COc1cc(-c2cc(Cl)c(Cl)c(Cl)c2)ccn1. The second-order valence-corrected chi connectivity index (χ2v) is 4.53. The van der Waals surface area contributed by atoms with Crippen molar-refractivity contribution in [1.29, 1.82) is 0 Å². The molecule has 1 heterocycles. The molecule has 0 spiro atoms. The summed E-state index contributed by atoms with van der Waals surface area (Å²) in [6.45, 7) is 0. The van der Waals surface area contributed by atoms with Gasteiger partial charge in [-0.1, -0.05) is 34.8 Å². The monoisotopic (exact) mass is 287 g/mol. The van der Waals surface area contributed by atoms with Crippen LogP contribution in [0.1, 0.15) is 0 Å². The Bertz CT molecular complexity index is 534. The van der Waals surface area contributed by atoms with Gasteiger partial charge in [0.15, 0.2) is 0 Å². The van der Waals surface area contributed by atoms with Gasteiger partial charge in [-0.15, -0.1) is 0 Å². The summed E-state index contributed by atoms with van der Waals surface area (Å²) in [6, 6.07) is 7.16. The number of hydrogen-bond acceptors (Lipinski definition) is 2. The van der Waals surface area contributed by atoms with Crippen LogP contribution in [-0.4, -0.2) is 12.1 Å². The Hall–Kier alpha value is -0.960. The molecule has 0 amide bonds. The maximum absolute atomic E-state index is 5.98. The third-order valence-electron chi connectivity index (χ3n) is 2.26. The van der Waals surface area contributed by atoms with Crippen molar-refractivity contribution in [2.75, 3.05) is 7.11 Å². The highest BCUT2D eigenvalue weighted by atomic mass is 35.5. The molecule has 1 aromatic heterocycles. The molecule has 0 saturated carbocycles. The normalized spacial score (nSPS) is 10.4. The lowest BCUT2D eigenvalue weighted by Crippen LogP contribution is -1.88. The number of benzene rings is 1. The third-order valence-corrected chi connectivity index (χ3v) is 3.46. The van der Waals surface area contributed by atoms with Crippen molar-refractivity contribution in [1.82, 2.24) is 4.98 Å². The summed E-state index contributed by atoms with van der Waals surface area (Å²) < 4.78 is 5.06. The first-order valence-corrected chi connectivity index (χ1v) is 5.90. The van der Waals surface area contributed by atoms with Crippen LogP contribution >= 0.6 is 34.8 Å². The highest BCUT2D eigenvalue weighted by molar-refractivity contribution is 6.48. The second-order valence-electron chi connectivity index (χ2n) is 3.34. The zero-order valence-electron chi connectivity index (χ0n) is 8.88. The average molecular weight is 289 g/mol. The fraction of sp³-hybridized carbons (Fsp3) is 0.0833. The number of pyridine rings is 1. The van der Waals surface area contributed by atoms with E-state index in [4.69, 9.17) is 39.5 Å². The van der Waals surface area contributed by atoms with Crippen molar-refractivity contribution in [3.63, 3.8) is 0 Å². The topological polar surface area (TPSA) is 22.1 Å². The van der Waals surface area contributed by atoms with Gasteiger partial charge in [0.1, 0.15) is 0 Å². The van der Waals surface area contributed by atoms with E-state index >= 15 is 0 Å². The van der Waals surface area contributed by atoms with Crippen LogP contribution in [0.25, 0.3) is 11.1 Å². The Kier molecular flexibility index (Phi) is 3.77. The summed E-state index contributed by atoms with van der Waals surface area (Å²) >= 11 is 17.9. The van der Waals surface area contributed by atoms with Gasteiger partial charge < -0.3 is 4.74 Å². The van der Waals surface area contributed by atoms with Crippen molar-refractivity contribution in [3.8, 4) is 17.0 Å². The van der Waals surface area contributed by atoms with E-state index < -0.39 is 0 Å².